The van der Waals surface area contributed by atoms with Crippen LogP contribution < -0.4 is 9.47 Å². The van der Waals surface area contributed by atoms with Crippen LogP contribution in [-0.2, 0) is 26.3 Å². The maximum atomic E-state index is 12.6. The highest BCUT2D eigenvalue weighted by molar-refractivity contribution is 7.87. The summed E-state index contributed by atoms with van der Waals surface area (Å²) >= 11 is 0. The SMILES string of the molecule is COc1ccc([C@@]2(C#N)C[C@@H]3CC(OS(=O)(=O)C(F)(F)F)=C[C@@H]3C2)cc1OCc1ccccc1. The number of hydrogen-bond acceptors (Lipinski definition) is 6. The molecule has 10 heteroatoms. The molecule has 2 aliphatic rings. The summed E-state index contributed by atoms with van der Waals surface area (Å²) in [5.41, 5.74) is -4.70. The summed E-state index contributed by atoms with van der Waals surface area (Å²) in [7, 11) is -4.19. The number of fused-ring (bicyclic) bond motifs is 1. The molecule has 0 saturated heterocycles. The number of benzene rings is 2. The third kappa shape index (κ3) is 4.57. The lowest BCUT2D eigenvalue weighted by Crippen LogP contribution is -2.25. The Labute approximate surface area is 195 Å². The zero-order valence-corrected chi connectivity index (χ0v) is 19.0. The predicted molar refractivity (Wildman–Crippen MR) is 116 cm³/mol. The van der Waals surface area contributed by atoms with Gasteiger partial charge in [0, 0.05) is 6.42 Å². The molecule has 0 radical (unpaired) electrons. The minimum atomic E-state index is -5.70. The van der Waals surface area contributed by atoms with E-state index in [4.69, 9.17) is 9.47 Å². The molecule has 0 aromatic heterocycles. The number of ether oxygens (including phenoxy) is 2. The second-order valence-electron chi connectivity index (χ2n) is 8.49. The fraction of sp³-hybridized carbons (Fsp3) is 0.375. The van der Waals surface area contributed by atoms with Gasteiger partial charge in [0.15, 0.2) is 11.5 Å². The normalized spacial score (nSPS) is 24.1. The molecule has 0 amide bonds. The van der Waals surface area contributed by atoms with Crippen molar-refractivity contribution < 1.29 is 35.2 Å². The maximum absolute atomic E-state index is 12.6. The molecule has 2 aromatic carbocycles. The average Bonchev–Trinajstić information content (AvgIpc) is 3.33. The van der Waals surface area contributed by atoms with Crippen LogP contribution in [0.2, 0.25) is 0 Å². The molecule has 180 valence electrons. The van der Waals surface area contributed by atoms with Crippen molar-refractivity contribution in [3.05, 3.63) is 71.5 Å². The lowest BCUT2D eigenvalue weighted by molar-refractivity contribution is -0.0523. The molecule has 1 saturated carbocycles. The van der Waals surface area contributed by atoms with E-state index in [-0.39, 0.29) is 24.0 Å². The third-order valence-corrected chi connectivity index (χ3v) is 7.33. The lowest BCUT2D eigenvalue weighted by atomic mass is 9.78. The fourth-order valence-electron chi connectivity index (χ4n) is 4.70. The molecule has 6 nitrogen and oxygen atoms in total. The van der Waals surface area contributed by atoms with Gasteiger partial charge in [-0.15, -0.1) is 0 Å². The van der Waals surface area contributed by atoms with Crippen LogP contribution in [0.5, 0.6) is 11.5 Å². The first-order chi connectivity index (χ1) is 16.1. The summed E-state index contributed by atoms with van der Waals surface area (Å²) in [5, 5.41) is 10.1. The van der Waals surface area contributed by atoms with Gasteiger partial charge < -0.3 is 13.7 Å². The third-order valence-electron chi connectivity index (χ3n) is 6.33. The topological polar surface area (TPSA) is 85.6 Å². The van der Waals surface area contributed by atoms with Crippen molar-refractivity contribution in [2.24, 2.45) is 11.8 Å². The first-order valence-electron chi connectivity index (χ1n) is 10.5. The molecule has 2 aromatic rings. The molecule has 3 atom stereocenters. The Hall–Kier alpha value is -3.19. The Morgan fingerprint density at radius 3 is 2.47 bits per heavy atom. The molecule has 1 fully saturated rings. The van der Waals surface area contributed by atoms with Crippen molar-refractivity contribution in [1.82, 2.24) is 0 Å². The lowest BCUT2D eigenvalue weighted by Gasteiger charge is -2.24. The molecule has 0 aliphatic heterocycles. The van der Waals surface area contributed by atoms with Gasteiger partial charge in [0.05, 0.1) is 18.6 Å². The number of methoxy groups -OCH3 is 1. The minimum absolute atomic E-state index is 0.0247. The second-order valence-corrected chi connectivity index (χ2v) is 10.0. The highest BCUT2D eigenvalue weighted by atomic mass is 32.2. The first-order valence-corrected chi connectivity index (χ1v) is 12.0. The summed E-state index contributed by atoms with van der Waals surface area (Å²) in [6.07, 6.45) is 2.12. The Balaban J connectivity index is 1.54. The Morgan fingerprint density at radius 1 is 1.12 bits per heavy atom. The van der Waals surface area contributed by atoms with Crippen molar-refractivity contribution in [3.63, 3.8) is 0 Å². The van der Waals surface area contributed by atoms with Gasteiger partial charge in [-0.3, -0.25) is 0 Å². The number of rotatable bonds is 7. The molecular weight excluding hydrogens is 471 g/mol. The zero-order chi connectivity index (χ0) is 24.6. The van der Waals surface area contributed by atoms with Crippen molar-refractivity contribution in [1.29, 1.82) is 5.26 Å². The van der Waals surface area contributed by atoms with Crippen LogP contribution in [0.3, 0.4) is 0 Å². The van der Waals surface area contributed by atoms with Crippen molar-refractivity contribution in [2.45, 2.75) is 36.8 Å². The summed E-state index contributed by atoms with van der Waals surface area (Å²) in [6.45, 7) is 0.308. The Morgan fingerprint density at radius 2 is 1.85 bits per heavy atom. The maximum Gasteiger partial charge on any atom is 0.534 e. The smallest absolute Gasteiger partial charge is 0.493 e. The van der Waals surface area contributed by atoms with E-state index in [2.05, 4.69) is 10.3 Å². The number of alkyl halides is 3. The highest BCUT2D eigenvalue weighted by Crippen LogP contribution is 2.54. The number of nitriles is 1. The van der Waals surface area contributed by atoms with Crippen molar-refractivity contribution in [3.8, 4) is 17.6 Å². The molecular formula is C24H22F3NO5S. The molecule has 4 rings (SSSR count). The monoisotopic (exact) mass is 493 g/mol. The van der Waals surface area contributed by atoms with E-state index in [0.717, 1.165) is 5.56 Å². The largest absolute Gasteiger partial charge is 0.534 e. The molecule has 0 N–H and O–H groups in total. The Kier molecular flexibility index (Phi) is 6.25. The van der Waals surface area contributed by atoms with Crippen LogP contribution in [0.1, 0.15) is 30.4 Å². The number of halogens is 3. The van der Waals surface area contributed by atoms with Crippen LogP contribution in [0.25, 0.3) is 0 Å². The number of hydrogen-bond donors (Lipinski definition) is 0. The average molecular weight is 494 g/mol. The standard InChI is InChI=1S/C24H22F3NO5S/c1-31-21-8-7-19(11-22(21)32-14-16-5-3-2-4-6-16)23(15-28)12-17-9-20(10-18(17)13-23)33-34(29,30)24(25,26)27/h2-9,11,17-18H,10,12-14H2,1H3/t17-,18+,23-/m1/s1. The summed E-state index contributed by atoms with van der Waals surface area (Å²) < 4.78 is 76.3. The molecule has 0 unspecified atom stereocenters. The summed E-state index contributed by atoms with van der Waals surface area (Å²) in [5.74, 6) is 0.300. The van der Waals surface area contributed by atoms with E-state index in [1.54, 1.807) is 18.2 Å². The van der Waals surface area contributed by atoms with Gasteiger partial charge in [-0.25, -0.2) is 0 Å². The first kappa shape index (κ1) is 24.0. The molecule has 0 bridgehead atoms. The van der Waals surface area contributed by atoms with E-state index in [0.29, 0.717) is 36.5 Å². The molecule has 2 aliphatic carbocycles. The highest BCUT2D eigenvalue weighted by Gasteiger charge is 2.52. The molecule has 0 spiro atoms. The molecule has 34 heavy (non-hydrogen) atoms. The van der Waals surface area contributed by atoms with Crippen LogP contribution >= 0.6 is 0 Å². The van der Waals surface area contributed by atoms with Crippen molar-refractivity contribution >= 4 is 10.1 Å². The van der Waals surface area contributed by atoms with Gasteiger partial charge in [0.2, 0.25) is 0 Å². The van der Waals surface area contributed by atoms with E-state index < -0.39 is 21.0 Å². The number of nitrogens with zero attached hydrogens (tertiary/aromatic N) is 1. The van der Waals surface area contributed by atoms with Crippen LogP contribution in [0.15, 0.2) is 60.4 Å². The van der Waals surface area contributed by atoms with Crippen LogP contribution in [-0.4, -0.2) is 21.0 Å². The Bertz CT molecular complexity index is 1240. The minimum Gasteiger partial charge on any atom is -0.493 e. The predicted octanol–water partition coefficient (Wildman–Crippen LogP) is 5.22. The second kappa shape index (κ2) is 8.87. The van der Waals surface area contributed by atoms with E-state index in [1.807, 2.05) is 30.3 Å². The zero-order valence-electron chi connectivity index (χ0n) is 18.2. The van der Waals surface area contributed by atoms with E-state index >= 15 is 0 Å². The van der Waals surface area contributed by atoms with Gasteiger partial charge in [0.1, 0.15) is 12.4 Å². The van der Waals surface area contributed by atoms with Crippen LogP contribution in [0.4, 0.5) is 13.2 Å². The molecule has 0 heterocycles. The van der Waals surface area contributed by atoms with Crippen molar-refractivity contribution in [2.75, 3.05) is 7.11 Å². The number of allylic oxidation sites excluding steroid dienone is 2. The van der Waals surface area contributed by atoms with E-state index in [1.165, 1.54) is 13.2 Å². The summed E-state index contributed by atoms with van der Waals surface area (Å²) in [6, 6.07) is 17.2. The van der Waals surface area contributed by atoms with Gasteiger partial charge in [-0.1, -0.05) is 36.4 Å². The van der Waals surface area contributed by atoms with Crippen LogP contribution in [0, 0.1) is 23.2 Å². The van der Waals surface area contributed by atoms with Gasteiger partial charge in [-0.05, 0) is 54.0 Å². The summed E-state index contributed by atoms with van der Waals surface area (Å²) in [4.78, 5) is 0. The van der Waals surface area contributed by atoms with Gasteiger partial charge in [0.25, 0.3) is 0 Å². The van der Waals surface area contributed by atoms with Gasteiger partial charge >= 0.3 is 15.6 Å². The quantitative estimate of drug-likeness (QED) is 0.389. The van der Waals surface area contributed by atoms with E-state index in [9.17, 15) is 26.9 Å². The van der Waals surface area contributed by atoms with Gasteiger partial charge in [-0.2, -0.15) is 26.9 Å². The fourth-order valence-corrected chi connectivity index (χ4v) is 5.20.